The van der Waals surface area contributed by atoms with Crippen molar-refractivity contribution in [2.24, 2.45) is 5.92 Å². The summed E-state index contributed by atoms with van der Waals surface area (Å²) in [4.78, 5) is 41.7. The van der Waals surface area contributed by atoms with E-state index >= 15 is 0 Å². The van der Waals surface area contributed by atoms with Crippen LogP contribution in [0.5, 0.6) is 0 Å². The molecule has 0 spiro atoms. The third-order valence-corrected chi connectivity index (χ3v) is 4.98. The molecule has 1 aromatic carbocycles. The quantitative estimate of drug-likeness (QED) is 0.764. The zero-order valence-electron chi connectivity index (χ0n) is 14.2. The summed E-state index contributed by atoms with van der Waals surface area (Å²) in [5, 5.41) is 4.25. The lowest BCUT2D eigenvalue weighted by Crippen LogP contribution is -2.28. The van der Waals surface area contributed by atoms with Gasteiger partial charge < -0.3 is 15.0 Å². The number of thiazole rings is 1. The molecule has 1 atom stereocenters. The van der Waals surface area contributed by atoms with Crippen LogP contribution in [0.1, 0.15) is 23.8 Å². The van der Waals surface area contributed by atoms with Crippen LogP contribution >= 0.6 is 22.9 Å². The van der Waals surface area contributed by atoms with Crippen LogP contribution in [-0.4, -0.2) is 35.9 Å². The fourth-order valence-electron chi connectivity index (χ4n) is 2.62. The fourth-order valence-corrected chi connectivity index (χ4v) is 3.48. The third kappa shape index (κ3) is 4.25. The number of anilines is 2. The Morgan fingerprint density at radius 2 is 2.26 bits per heavy atom. The molecule has 1 N–H and O–H groups in total. The molecule has 142 valence electrons. The van der Waals surface area contributed by atoms with E-state index in [1.54, 1.807) is 6.92 Å². The van der Waals surface area contributed by atoms with Crippen LogP contribution in [0.15, 0.2) is 23.6 Å². The maximum atomic E-state index is 13.3. The first-order valence-electron chi connectivity index (χ1n) is 8.08. The van der Waals surface area contributed by atoms with Gasteiger partial charge in [-0.3, -0.25) is 9.59 Å². The highest BCUT2D eigenvalue weighted by molar-refractivity contribution is 7.14. The molecule has 10 heteroatoms. The lowest BCUT2D eigenvalue weighted by atomic mass is 10.1. The second-order valence-corrected chi connectivity index (χ2v) is 7.02. The van der Waals surface area contributed by atoms with E-state index in [9.17, 15) is 18.8 Å². The van der Waals surface area contributed by atoms with Crippen molar-refractivity contribution in [3.8, 4) is 0 Å². The summed E-state index contributed by atoms with van der Waals surface area (Å²) in [6.07, 6.45) is 0.0109. The average Bonchev–Trinajstić information content (AvgIpc) is 3.24. The molecule has 27 heavy (non-hydrogen) atoms. The highest BCUT2D eigenvalue weighted by Gasteiger charge is 2.35. The van der Waals surface area contributed by atoms with Gasteiger partial charge in [-0.25, -0.2) is 14.2 Å². The van der Waals surface area contributed by atoms with E-state index in [4.69, 9.17) is 16.3 Å². The van der Waals surface area contributed by atoms with Crippen LogP contribution in [0.2, 0.25) is 5.02 Å². The fraction of sp³-hybridized carbons (Fsp3) is 0.294. The smallest absolute Gasteiger partial charge is 0.357 e. The standard InChI is InChI=1S/C17H15ClFN3O4S/c1-2-26-16(25)13-8-27-17(20-13)21-15(24)9-5-14(23)22(7-9)10-3-4-12(19)11(18)6-10/h3-4,6,8-9H,2,5,7H2,1H3,(H,20,21,24)/t9-/m1/s1. The van der Waals surface area contributed by atoms with Crippen molar-refractivity contribution in [2.75, 3.05) is 23.4 Å². The zero-order chi connectivity index (χ0) is 19.6. The van der Waals surface area contributed by atoms with Crippen LogP contribution in [0.4, 0.5) is 15.2 Å². The van der Waals surface area contributed by atoms with E-state index in [1.165, 1.54) is 28.5 Å². The highest BCUT2D eigenvalue weighted by atomic mass is 35.5. The predicted octanol–water partition coefficient (Wildman–Crippen LogP) is 3.10. The summed E-state index contributed by atoms with van der Waals surface area (Å²) in [6, 6.07) is 3.96. The van der Waals surface area contributed by atoms with Gasteiger partial charge >= 0.3 is 5.97 Å². The summed E-state index contributed by atoms with van der Waals surface area (Å²) < 4.78 is 18.1. The normalized spacial score (nSPS) is 16.5. The molecule has 2 amide bonds. The largest absolute Gasteiger partial charge is 0.461 e. The zero-order valence-corrected chi connectivity index (χ0v) is 15.8. The van der Waals surface area contributed by atoms with Gasteiger partial charge in [-0.1, -0.05) is 11.6 Å². The molecule has 3 rings (SSSR count). The SMILES string of the molecule is CCOC(=O)c1csc(NC(=O)[C@@H]2CC(=O)N(c3ccc(F)c(Cl)c3)C2)n1. The Hall–Kier alpha value is -2.52. The van der Waals surface area contributed by atoms with Crippen molar-refractivity contribution in [2.45, 2.75) is 13.3 Å². The van der Waals surface area contributed by atoms with Crippen LogP contribution in [-0.2, 0) is 14.3 Å². The number of ether oxygens (including phenoxy) is 1. The van der Waals surface area contributed by atoms with Crippen LogP contribution < -0.4 is 10.2 Å². The number of esters is 1. The number of hydrogen-bond acceptors (Lipinski definition) is 6. The molecule has 1 aromatic heterocycles. The summed E-state index contributed by atoms with van der Waals surface area (Å²) in [6.45, 7) is 2.05. The Balaban J connectivity index is 1.65. The van der Waals surface area contributed by atoms with Gasteiger partial charge in [0.25, 0.3) is 0 Å². The number of halogens is 2. The van der Waals surface area contributed by atoms with E-state index < -0.39 is 17.7 Å². The molecule has 1 fully saturated rings. The van der Waals surface area contributed by atoms with E-state index in [1.807, 2.05) is 0 Å². The van der Waals surface area contributed by atoms with Crippen molar-refractivity contribution in [1.29, 1.82) is 0 Å². The first-order valence-corrected chi connectivity index (χ1v) is 9.33. The number of aromatic nitrogens is 1. The molecule has 0 bridgehead atoms. The molecule has 0 aliphatic carbocycles. The monoisotopic (exact) mass is 411 g/mol. The summed E-state index contributed by atoms with van der Waals surface area (Å²) in [5.74, 6) is -2.39. The van der Waals surface area contributed by atoms with Gasteiger partial charge in [-0.15, -0.1) is 11.3 Å². The molecular weight excluding hydrogens is 397 g/mol. The van der Waals surface area contributed by atoms with Gasteiger partial charge in [0, 0.05) is 24.0 Å². The Morgan fingerprint density at radius 3 is 2.96 bits per heavy atom. The van der Waals surface area contributed by atoms with Gasteiger partial charge in [0.05, 0.1) is 17.5 Å². The number of amides is 2. The molecule has 2 heterocycles. The second kappa shape index (κ2) is 8.01. The lowest BCUT2D eigenvalue weighted by Gasteiger charge is -2.17. The lowest BCUT2D eigenvalue weighted by molar-refractivity contribution is -0.122. The topological polar surface area (TPSA) is 88.6 Å². The molecule has 1 saturated heterocycles. The van der Waals surface area contributed by atoms with E-state index in [-0.39, 0.29) is 47.2 Å². The maximum absolute atomic E-state index is 13.3. The molecule has 1 aliphatic heterocycles. The number of rotatable bonds is 5. The molecule has 0 saturated carbocycles. The Kier molecular flexibility index (Phi) is 5.71. The third-order valence-electron chi connectivity index (χ3n) is 3.93. The number of carbonyl (C=O) groups excluding carboxylic acids is 3. The molecule has 0 radical (unpaired) electrons. The Bertz CT molecular complexity index is 904. The number of benzene rings is 1. The second-order valence-electron chi connectivity index (χ2n) is 5.75. The van der Waals surface area contributed by atoms with Gasteiger partial charge in [0.2, 0.25) is 11.8 Å². The molecule has 0 unspecified atom stereocenters. The Labute approximate surface area is 163 Å². The first-order chi connectivity index (χ1) is 12.9. The van der Waals surface area contributed by atoms with Crippen LogP contribution in [0.3, 0.4) is 0 Å². The van der Waals surface area contributed by atoms with E-state index in [2.05, 4.69) is 10.3 Å². The summed E-state index contributed by atoms with van der Waals surface area (Å²) in [5.41, 5.74) is 0.544. The highest BCUT2D eigenvalue weighted by Crippen LogP contribution is 2.29. The molecule has 2 aromatic rings. The summed E-state index contributed by atoms with van der Waals surface area (Å²) >= 11 is 6.85. The van der Waals surface area contributed by atoms with Crippen LogP contribution in [0, 0.1) is 11.7 Å². The van der Waals surface area contributed by atoms with E-state index in [0.717, 1.165) is 11.3 Å². The summed E-state index contributed by atoms with van der Waals surface area (Å²) in [7, 11) is 0. The minimum absolute atomic E-state index is 0.0109. The molecule has 7 nitrogen and oxygen atoms in total. The Morgan fingerprint density at radius 1 is 1.48 bits per heavy atom. The average molecular weight is 412 g/mol. The first kappa shape index (κ1) is 19.2. The van der Waals surface area contributed by atoms with Gasteiger partial charge in [-0.2, -0.15) is 0 Å². The van der Waals surface area contributed by atoms with Gasteiger partial charge in [0.15, 0.2) is 10.8 Å². The molecule has 1 aliphatic rings. The minimum atomic E-state index is -0.601. The predicted molar refractivity (Wildman–Crippen MR) is 98.6 cm³/mol. The van der Waals surface area contributed by atoms with E-state index in [0.29, 0.717) is 5.69 Å². The van der Waals surface area contributed by atoms with Gasteiger partial charge in [0.1, 0.15) is 5.82 Å². The van der Waals surface area contributed by atoms with Crippen molar-refractivity contribution < 1.29 is 23.5 Å². The van der Waals surface area contributed by atoms with Crippen LogP contribution in [0.25, 0.3) is 0 Å². The molecular formula is C17H15ClFN3O4S. The minimum Gasteiger partial charge on any atom is -0.461 e. The van der Waals surface area contributed by atoms with Crippen molar-refractivity contribution in [3.05, 3.63) is 40.1 Å². The maximum Gasteiger partial charge on any atom is 0.357 e. The van der Waals surface area contributed by atoms with Crippen molar-refractivity contribution >= 4 is 51.5 Å². The number of nitrogens with zero attached hydrogens (tertiary/aromatic N) is 2. The van der Waals surface area contributed by atoms with Crippen molar-refractivity contribution in [1.82, 2.24) is 4.98 Å². The van der Waals surface area contributed by atoms with Crippen molar-refractivity contribution in [3.63, 3.8) is 0 Å². The number of carbonyl (C=O) groups is 3. The number of nitrogens with one attached hydrogen (secondary N) is 1. The van der Waals surface area contributed by atoms with Gasteiger partial charge in [-0.05, 0) is 25.1 Å². The number of hydrogen-bond donors (Lipinski definition) is 1.